The Hall–Kier alpha value is -2.64. The Morgan fingerprint density at radius 3 is 2.54 bits per heavy atom. The van der Waals surface area contributed by atoms with E-state index in [1.54, 1.807) is 11.7 Å². The number of carbonyl (C=O) groups is 2. The van der Waals surface area contributed by atoms with Crippen molar-refractivity contribution >= 4 is 22.9 Å². The van der Waals surface area contributed by atoms with Crippen molar-refractivity contribution in [1.29, 1.82) is 0 Å². The predicted molar refractivity (Wildman–Crippen MR) is 98.2 cm³/mol. The molecule has 1 amide bonds. The zero-order valence-electron chi connectivity index (χ0n) is 15.8. The molecule has 0 radical (unpaired) electrons. The molecule has 0 bridgehead atoms. The Morgan fingerprint density at radius 1 is 1.31 bits per heavy atom. The Kier molecular flexibility index (Phi) is 5.84. The van der Waals surface area contributed by atoms with E-state index in [2.05, 4.69) is 15.4 Å². The minimum absolute atomic E-state index is 0.140. The summed E-state index contributed by atoms with van der Waals surface area (Å²) in [5, 5.41) is 15.0. The fourth-order valence-electron chi connectivity index (χ4n) is 3.21. The summed E-state index contributed by atoms with van der Waals surface area (Å²) in [7, 11) is 1.73. The van der Waals surface area contributed by atoms with Crippen molar-refractivity contribution < 1.29 is 14.7 Å². The van der Waals surface area contributed by atoms with Crippen LogP contribution in [0.2, 0.25) is 0 Å². The lowest BCUT2D eigenvalue weighted by atomic mass is 9.99. The molecule has 0 aliphatic rings. The third kappa shape index (κ3) is 4.12. The average molecular weight is 362 g/mol. The quantitative estimate of drug-likeness (QED) is 0.689. The second kappa shape index (κ2) is 7.72. The summed E-state index contributed by atoms with van der Waals surface area (Å²) in [4.78, 5) is 40.0. The molecular formula is C18H26N4O4. The highest BCUT2D eigenvalue weighted by molar-refractivity contribution is 5.84. The van der Waals surface area contributed by atoms with Crippen LogP contribution in [-0.4, -0.2) is 37.8 Å². The standard InChI is InChI=1S/C18H26N4O4/c1-9(2)8-13(18(25)26)20-14(23)7-6-12-10(3)15-16(19-11(12)4)22(5)21-17(15)24/h9,13H,6-8H2,1-5H3,(H,20,23)(H,21,24)(H,25,26)/t13-/m0/s1. The first kappa shape index (κ1) is 19.7. The summed E-state index contributed by atoms with van der Waals surface area (Å²) in [6.45, 7) is 7.51. The van der Waals surface area contributed by atoms with Gasteiger partial charge in [0, 0.05) is 19.2 Å². The van der Waals surface area contributed by atoms with E-state index in [0.29, 0.717) is 23.9 Å². The molecule has 0 fully saturated rings. The monoisotopic (exact) mass is 362 g/mol. The van der Waals surface area contributed by atoms with Gasteiger partial charge in [0.15, 0.2) is 5.65 Å². The SMILES string of the molecule is Cc1nc2c(c(C)c1CCC(=O)N[C@@H](CC(C)C)C(=O)O)c(=O)[nH]n2C. The van der Waals surface area contributed by atoms with Gasteiger partial charge in [0.25, 0.3) is 5.56 Å². The Balaban J connectivity index is 2.16. The van der Waals surface area contributed by atoms with Gasteiger partial charge in [-0.15, -0.1) is 0 Å². The zero-order chi connectivity index (χ0) is 19.6. The highest BCUT2D eigenvalue weighted by Gasteiger charge is 2.22. The third-order valence-electron chi connectivity index (χ3n) is 4.52. The number of aryl methyl sites for hydroxylation is 3. The molecule has 0 unspecified atom stereocenters. The van der Waals surface area contributed by atoms with Crippen molar-refractivity contribution in [2.45, 2.75) is 53.0 Å². The van der Waals surface area contributed by atoms with E-state index < -0.39 is 12.0 Å². The van der Waals surface area contributed by atoms with Gasteiger partial charge < -0.3 is 10.4 Å². The summed E-state index contributed by atoms with van der Waals surface area (Å²) in [5.41, 5.74) is 2.79. The molecule has 0 saturated carbocycles. The lowest BCUT2D eigenvalue weighted by Crippen LogP contribution is -2.41. The number of H-pyrrole nitrogens is 1. The fourth-order valence-corrected chi connectivity index (χ4v) is 3.21. The summed E-state index contributed by atoms with van der Waals surface area (Å²) < 4.78 is 1.58. The van der Waals surface area contributed by atoms with E-state index in [1.807, 2.05) is 27.7 Å². The van der Waals surface area contributed by atoms with Gasteiger partial charge >= 0.3 is 5.97 Å². The maximum absolute atomic E-state index is 12.2. The number of nitrogens with one attached hydrogen (secondary N) is 2. The summed E-state index contributed by atoms with van der Waals surface area (Å²) in [5.74, 6) is -1.19. The van der Waals surface area contributed by atoms with E-state index in [-0.39, 0.29) is 23.8 Å². The van der Waals surface area contributed by atoms with Crippen LogP contribution >= 0.6 is 0 Å². The minimum Gasteiger partial charge on any atom is -0.480 e. The molecule has 1 atom stereocenters. The zero-order valence-corrected chi connectivity index (χ0v) is 15.8. The molecule has 8 nitrogen and oxygen atoms in total. The summed E-state index contributed by atoms with van der Waals surface area (Å²) >= 11 is 0. The molecule has 3 N–H and O–H groups in total. The van der Waals surface area contributed by atoms with Crippen molar-refractivity contribution in [1.82, 2.24) is 20.1 Å². The highest BCUT2D eigenvalue weighted by Crippen LogP contribution is 2.21. The lowest BCUT2D eigenvalue weighted by Gasteiger charge is -2.17. The molecule has 2 heterocycles. The van der Waals surface area contributed by atoms with Crippen LogP contribution in [0.5, 0.6) is 0 Å². The first-order valence-corrected chi connectivity index (χ1v) is 8.68. The second-order valence-electron chi connectivity index (χ2n) is 7.09. The minimum atomic E-state index is -1.03. The van der Waals surface area contributed by atoms with E-state index in [1.165, 1.54) is 0 Å². The van der Waals surface area contributed by atoms with Gasteiger partial charge in [-0.1, -0.05) is 13.8 Å². The van der Waals surface area contributed by atoms with Gasteiger partial charge in [0.2, 0.25) is 5.91 Å². The number of fused-ring (bicyclic) bond motifs is 1. The number of carboxylic acids is 1. The van der Waals surface area contributed by atoms with Crippen molar-refractivity contribution in [2.24, 2.45) is 13.0 Å². The van der Waals surface area contributed by atoms with Gasteiger partial charge in [0.1, 0.15) is 6.04 Å². The molecule has 26 heavy (non-hydrogen) atoms. The first-order chi connectivity index (χ1) is 12.1. The van der Waals surface area contributed by atoms with Crippen LogP contribution in [0.4, 0.5) is 0 Å². The molecule has 2 rings (SSSR count). The Bertz CT molecular complexity index is 895. The van der Waals surface area contributed by atoms with Crippen molar-refractivity contribution in [3.05, 3.63) is 27.2 Å². The number of nitrogens with zero attached hydrogens (tertiary/aromatic N) is 2. The maximum Gasteiger partial charge on any atom is 0.326 e. The van der Waals surface area contributed by atoms with Crippen LogP contribution in [-0.2, 0) is 23.1 Å². The van der Waals surface area contributed by atoms with Gasteiger partial charge in [-0.3, -0.25) is 19.4 Å². The third-order valence-corrected chi connectivity index (χ3v) is 4.52. The van der Waals surface area contributed by atoms with Crippen molar-refractivity contribution in [3.8, 4) is 0 Å². The number of aromatic nitrogens is 3. The lowest BCUT2D eigenvalue weighted by molar-refractivity contribution is -0.142. The van der Waals surface area contributed by atoms with E-state index in [9.17, 15) is 19.5 Å². The van der Waals surface area contributed by atoms with Crippen LogP contribution in [0.3, 0.4) is 0 Å². The van der Waals surface area contributed by atoms with Gasteiger partial charge in [-0.25, -0.2) is 9.78 Å². The number of carbonyl (C=O) groups excluding carboxylic acids is 1. The van der Waals surface area contributed by atoms with Crippen LogP contribution in [0.25, 0.3) is 11.0 Å². The molecule has 2 aromatic heterocycles. The van der Waals surface area contributed by atoms with E-state index in [4.69, 9.17) is 0 Å². The molecule has 0 aromatic carbocycles. The van der Waals surface area contributed by atoms with Gasteiger partial charge in [-0.05, 0) is 43.7 Å². The first-order valence-electron chi connectivity index (χ1n) is 8.68. The van der Waals surface area contributed by atoms with Crippen molar-refractivity contribution in [2.75, 3.05) is 0 Å². The smallest absolute Gasteiger partial charge is 0.326 e. The number of hydrogen-bond donors (Lipinski definition) is 3. The van der Waals surface area contributed by atoms with Crippen LogP contribution < -0.4 is 10.9 Å². The molecule has 0 saturated heterocycles. The molecule has 2 aromatic rings. The highest BCUT2D eigenvalue weighted by atomic mass is 16.4. The number of carboxylic acid groups (broad SMARTS) is 1. The number of aliphatic carboxylic acids is 1. The Labute approximate surface area is 151 Å². The van der Waals surface area contributed by atoms with Gasteiger partial charge in [-0.2, -0.15) is 0 Å². The molecule has 0 aliphatic heterocycles. The number of rotatable bonds is 7. The van der Waals surface area contributed by atoms with Crippen LogP contribution in [0, 0.1) is 19.8 Å². The van der Waals surface area contributed by atoms with Crippen LogP contribution in [0.1, 0.15) is 43.5 Å². The number of aromatic amines is 1. The van der Waals surface area contributed by atoms with E-state index >= 15 is 0 Å². The largest absolute Gasteiger partial charge is 0.480 e. The number of amides is 1. The molecular weight excluding hydrogens is 336 g/mol. The fraction of sp³-hybridized carbons (Fsp3) is 0.556. The maximum atomic E-state index is 12.2. The molecule has 142 valence electrons. The summed E-state index contributed by atoms with van der Waals surface area (Å²) in [6.07, 6.45) is 0.919. The molecule has 0 aliphatic carbocycles. The molecule has 0 spiro atoms. The number of hydrogen-bond acceptors (Lipinski definition) is 4. The summed E-state index contributed by atoms with van der Waals surface area (Å²) in [6, 6.07) is -0.887. The predicted octanol–water partition coefficient (Wildman–Crippen LogP) is 1.43. The average Bonchev–Trinajstić information content (AvgIpc) is 2.80. The van der Waals surface area contributed by atoms with Crippen molar-refractivity contribution in [3.63, 3.8) is 0 Å². The topological polar surface area (TPSA) is 117 Å². The number of pyridine rings is 1. The van der Waals surface area contributed by atoms with E-state index in [0.717, 1.165) is 16.8 Å². The Morgan fingerprint density at radius 2 is 1.96 bits per heavy atom. The van der Waals surface area contributed by atoms with Crippen LogP contribution in [0.15, 0.2) is 4.79 Å². The molecule has 8 heteroatoms. The normalized spacial score (nSPS) is 12.5. The van der Waals surface area contributed by atoms with Gasteiger partial charge in [0.05, 0.1) is 5.39 Å². The second-order valence-corrected chi connectivity index (χ2v) is 7.09.